The van der Waals surface area contributed by atoms with Crippen LogP contribution in [0.25, 0.3) is 0 Å². The normalized spacial score (nSPS) is 11.3. The number of sulfone groups is 1. The molecule has 1 aromatic rings. The van der Waals surface area contributed by atoms with E-state index in [1.165, 1.54) is 36.9 Å². The lowest BCUT2D eigenvalue weighted by Gasteiger charge is -2.09. The number of phenols is 1. The van der Waals surface area contributed by atoms with Crippen LogP contribution in [-0.2, 0) is 14.6 Å². The van der Waals surface area contributed by atoms with Gasteiger partial charge in [0.05, 0.1) is 22.1 Å². The summed E-state index contributed by atoms with van der Waals surface area (Å²) < 4.78 is 23.5. The molecule has 8 heteroatoms. The second-order valence-corrected chi connectivity index (χ2v) is 7.36. The van der Waals surface area contributed by atoms with Crippen LogP contribution in [0.15, 0.2) is 23.1 Å². The van der Waals surface area contributed by atoms with Gasteiger partial charge in [0.1, 0.15) is 5.75 Å². The Balaban J connectivity index is 2.85. The third-order valence-corrected chi connectivity index (χ3v) is 5.20. The molecule has 20 heavy (non-hydrogen) atoms. The Hall–Kier alpha value is -1.25. The molecule has 0 bridgehead atoms. The van der Waals surface area contributed by atoms with Gasteiger partial charge in [-0.15, -0.1) is 0 Å². The SMILES string of the molecule is CCS(=O)(=O)c1ccc(O)c(NC(=O)CSCCN)c1. The molecular weight excluding hydrogens is 300 g/mol. The molecule has 0 saturated heterocycles. The fraction of sp³-hybridized carbons (Fsp3) is 0.417. The average Bonchev–Trinajstić information content (AvgIpc) is 2.41. The number of aromatic hydroxyl groups is 1. The van der Waals surface area contributed by atoms with E-state index in [1.807, 2.05) is 0 Å². The highest BCUT2D eigenvalue weighted by Gasteiger charge is 2.15. The number of anilines is 1. The second-order valence-electron chi connectivity index (χ2n) is 3.97. The largest absolute Gasteiger partial charge is 0.506 e. The number of amides is 1. The van der Waals surface area contributed by atoms with Crippen LogP contribution < -0.4 is 11.1 Å². The quantitative estimate of drug-likeness (QED) is 0.507. The summed E-state index contributed by atoms with van der Waals surface area (Å²) in [4.78, 5) is 11.7. The van der Waals surface area contributed by atoms with Gasteiger partial charge < -0.3 is 16.2 Å². The van der Waals surface area contributed by atoms with Crippen molar-refractivity contribution in [1.82, 2.24) is 0 Å². The first-order chi connectivity index (χ1) is 9.40. The third-order valence-electron chi connectivity index (χ3n) is 2.48. The van der Waals surface area contributed by atoms with Crippen molar-refractivity contribution in [2.24, 2.45) is 5.73 Å². The zero-order valence-corrected chi connectivity index (χ0v) is 12.8. The van der Waals surface area contributed by atoms with Gasteiger partial charge >= 0.3 is 0 Å². The lowest BCUT2D eigenvalue weighted by molar-refractivity contribution is -0.113. The van der Waals surface area contributed by atoms with Crippen LogP contribution >= 0.6 is 11.8 Å². The van der Waals surface area contributed by atoms with Gasteiger partial charge in [0.15, 0.2) is 9.84 Å². The first-order valence-corrected chi connectivity index (χ1v) is 8.85. The van der Waals surface area contributed by atoms with Crippen molar-refractivity contribution in [2.75, 3.05) is 29.1 Å². The van der Waals surface area contributed by atoms with E-state index >= 15 is 0 Å². The van der Waals surface area contributed by atoms with Crippen LogP contribution in [0.5, 0.6) is 5.75 Å². The summed E-state index contributed by atoms with van der Waals surface area (Å²) in [6.07, 6.45) is 0. The Morgan fingerprint density at radius 2 is 2.15 bits per heavy atom. The van der Waals surface area contributed by atoms with E-state index in [-0.39, 0.29) is 33.7 Å². The van der Waals surface area contributed by atoms with Gasteiger partial charge in [0.2, 0.25) is 5.91 Å². The summed E-state index contributed by atoms with van der Waals surface area (Å²) in [7, 11) is -3.38. The van der Waals surface area contributed by atoms with E-state index in [9.17, 15) is 18.3 Å². The zero-order valence-electron chi connectivity index (χ0n) is 11.1. The summed E-state index contributed by atoms with van der Waals surface area (Å²) in [5.41, 5.74) is 5.41. The Labute approximate surface area is 122 Å². The van der Waals surface area contributed by atoms with Crippen LogP contribution in [0, 0.1) is 0 Å². The molecule has 4 N–H and O–H groups in total. The Morgan fingerprint density at radius 3 is 2.75 bits per heavy atom. The number of benzene rings is 1. The fourth-order valence-electron chi connectivity index (χ4n) is 1.41. The highest BCUT2D eigenvalue weighted by atomic mass is 32.2. The number of nitrogens with two attached hydrogens (primary N) is 1. The van der Waals surface area contributed by atoms with Gasteiger partial charge in [0, 0.05) is 12.3 Å². The van der Waals surface area contributed by atoms with Crippen molar-refractivity contribution in [3.63, 3.8) is 0 Å². The minimum Gasteiger partial charge on any atom is -0.506 e. The van der Waals surface area contributed by atoms with E-state index < -0.39 is 9.84 Å². The molecule has 1 aromatic carbocycles. The maximum atomic E-state index is 11.7. The summed E-state index contributed by atoms with van der Waals surface area (Å²) in [5.74, 6) is 0.324. The van der Waals surface area contributed by atoms with E-state index in [1.54, 1.807) is 0 Å². The minimum absolute atomic E-state index is 0.0441. The van der Waals surface area contributed by atoms with Gasteiger partial charge in [0.25, 0.3) is 0 Å². The third kappa shape index (κ3) is 4.69. The molecule has 1 rings (SSSR count). The maximum absolute atomic E-state index is 11.7. The molecule has 6 nitrogen and oxygen atoms in total. The topological polar surface area (TPSA) is 109 Å². The number of thioether (sulfide) groups is 1. The predicted molar refractivity (Wildman–Crippen MR) is 80.8 cm³/mol. The molecule has 112 valence electrons. The van der Waals surface area contributed by atoms with E-state index in [4.69, 9.17) is 5.73 Å². The van der Waals surface area contributed by atoms with Gasteiger partial charge in [-0.05, 0) is 18.2 Å². The molecule has 0 saturated carbocycles. The van der Waals surface area contributed by atoms with Crippen molar-refractivity contribution in [3.8, 4) is 5.75 Å². The Kier molecular flexibility index (Phi) is 6.31. The predicted octanol–water partition coefficient (Wildman–Crippen LogP) is 0.816. The molecular formula is C12H18N2O4S2. The number of carbonyl (C=O) groups excluding carboxylic acids is 1. The standard InChI is InChI=1S/C12H18N2O4S2/c1-2-20(17,18)9-3-4-11(15)10(7-9)14-12(16)8-19-6-5-13/h3-4,7,15H,2,5-6,8,13H2,1H3,(H,14,16). The highest BCUT2D eigenvalue weighted by molar-refractivity contribution is 7.99. The highest BCUT2D eigenvalue weighted by Crippen LogP contribution is 2.27. The molecule has 0 atom stereocenters. The van der Waals surface area contributed by atoms with Crippen LogP contribution in [0.2, 0.25) is 0 Å². The van der Waals surface area contributed by atoms with E-state index in [0.717, 1.165) is 0 Å². The van der Waals surface area contributed by atoms with Crippen LogP contribution in [-0.4, -0.2) is 43.2 Å². The van der Waals surface area contributed by atoms with E-state index in [2.05, 4.69) is 5.32 Å². The van der Waals surface area contributed by atoms with Gasteiger partial charge in [-0.1, -0.05) is 6.92 Å². The second kappa shape index (κ2) is 7.51. The van der Waals surface area contributed by atoms with Gasteiger partial charge in [-0.25, -0.2) is 8.42 Å². The summed E-state index contributed by atoms with van der Waals surface area (Å²) in [6, 6.07) is 3.83. The monoisotopic (exact) mass is 318 g/mol. The first-order valence-electron chi connectivity index (χ1n) is 6.04. The number of hydrogen-bond acceptors (Lipinski definition) is 6. The molecule has 0 spiro atoms. The summed E-state index contributed by atoms with van der Waals surface area (Å²) in [6.45, 7) is 2.01. The Bertz CT molecular complexity index is 573. The smallest absolute Gasteiger partial charge is 0.234 e. The van der Waals surface area contributed by atoms with Crippen LogP contribution in [0.1, 0.15) is 6.92 Å². The maximum Gasteiger partial charge on any atom is 0.234 e. The lowest BCUT2D eigenvalue weighted by atomic mass is 10.3. The number of phenolic OH excluding ortho intramolecular Hbond substituents is 1. The molecule has 0 aliphatic heterocycles. The van der Waals surface area contributed by atoms with Gasteiger partial charge in [-0.3, -0.25) is 4.79 Å². The molecule has 1 amide bonds. The van der Waals surface area contributed by atoms with Gasteiger partial charge in [-0.2, -0.15) is 11.8 Å². The number of carbonyl (C=O) groups is 1. The van der Waals surface area contributed by atoms with E-state index in [0.29, 0.717) is 12.3 Å². The van der Waals surface area contributed by atoms with Crippen molar-refractivity contribution in [3.05, 3.63) is 18.2 Å². The minimum atomic E-state index is -3.38. The fourth-order valence-corrected chi connectivity index (χ4v) is 2.88. The number of nitrogens with one attached hydrogen (secondary N) is 1. The molecule has 0 heterocycles. The zero-order chi connectivity index (χ0) is 15.2. The average molecular weight is 318 g/mol. The molecule has 0 fully saturated rings. The number of hydrogen-bond donors (Lipinski definition) is 3. The van der Waals surface area contributed by atoms with Crippen molar-refractivity contribution in [2.45, 2.75) is 11.8 Å². The lowest BCUT2D eigenvalue weighted by Crippen LogP contribution is -2.16. The van der Waals surface area contributed by atoms with Crippen LogP contribution in [0.4, 0.5) is 5.69 Å². The number of rotatable bonds is 7. The molecule has 0 aliphatic carbocycles. The molecule has 0 radical (unpaired) electrons. The first kappa shape index (κ1) is 16.8. The summed E-state index contributed by atoms with van der Waals surface area (Å²) >= 11 is 1.36. The summed E-state index contributed by atoms with van der Waals surface area (Å²) in [5, 5.41) is 12.1. The van der Waals surface area contributed by atoms with Crippen molar-refractivity contribution in [1.29, 1.82) is 0 Å². The Morgan fingerprint density at radius 1 is 1.45 bits per heavy atom. The molecule has 0 aromatic heterocycles. The molecule has 0 aliphatic rings. The van der Waals surface area contributed by atoms with Crippen molar-refractivity contribution >= 4 is 33.2 Å². The van der Waals surface area contributed by atoms with Crippen LogP contribution in [0.3, 0.4) is 0 Å². The van der Waals surface area contributed by atoms with Crippen molar-refractivity contribution < 1.29 is 18.3 Å². The molecule has 0 unspecified atom stereocenters.